The van der Waals surface area contributed by atoms with Crippen molar-refractivity contribution >= 4 is 41.1 Å². The molecule has 0 aromatic carbocycles. The Labute approximate surface area is 142 Å². The lowest BCUT2D eigenvalue weighted by molar-refractivity contribution is -0.137. The summed E-state index contributed by atoms with van der Waals surface area (Å²) in [6.45, 7) is 0.409. The van der Waals surface area contributed by atoms with Gasteiger partial charge in [0, 0.05) is 25.9 Å². The largest absolute Gasteiger partial charge is 0.481 e. The lowest BCUT2D eigenvalue weighted by atomic mass is 10.3. The molecule has 0 spiro atoms. The first kappa shape index (κ1) is 19.2. The van der Waals surface area contributed by atoms with Crippen LogP contribution < -0.4 is 10.6 Å². The average Bonchev–Trinajstić information content (AvgIpc) is 2.51. The highest BCUT2D eigenvalue weighted by molar-refractivity contribution is 7.98. The van der Waals surface area contributed by atoms with E-state index in [0.717, 1.165) is 0 Å². The summed E-state index contributed by atoms with van der Waals surface area (Å²) >= 11 is 7.16. The van der Waals surface area contributed by atoms with Crippen LogP contribution >= 0.6 is 23.4 Å². The van der Waals surface area contributed by atoms with Crippen LogP contribution in [0, 0.1) is 0 Å². The molecule has 0 radical (unpaired) electrons. The van der Waals surface area contributed by atoms with Crippen molar-refractivity contribution in [2.24, 2.45) is 0 Å². The van der Waals surface area contributed by atoms with Gasteiger partial charge in [-0.3, -0.25) is 14.4 Å². The van der Waals surface area contributed by atoms with Crippen LogP contribution in [0.25, 0.3) is 0 Å². The molecule has 8 nitrogen and oxygen atoms in total. The highest BCUT2D eigenvalue weighted by Gasteiger charge is 2.14. The van der Waals surface area contributed by atoms with Gasteiger partial charge in [-0.2, -0.15) is 0 Å². The lowest BCUT2D eigenvalue weighted by Gasteiger charge is -2.07. The molecule has 10 heteroatoms. The highest BCUT2D eigenvalue weighted by Crippen LogP contribution is 2.16. The van der Waals surface area contributed by atoms with Gasteiger partial charge in [0.25, 0.3) is 5.91 Å². The van der Waals surface area contributed by atoms with Crippen molar-refractivity contribution in [3.05, 3.63) is 16.9 Å². The van der Waals surface area contributed by atoms with Crippen LogP contribution in [0.1, 0.15) is 29.8 Å². The Morgan fingerprint density at radius 3 is 2.65 bits per heavy atom. The second kappa shape index (κ2) is 10.0. The van der Waals surface area contributed by atoms with Gasteiger partial charge < -0.3 is 15.7 Å². The molecule has 0 saturated heterocycles. The van der Waals surface area contributed by atoms with Gasteiger partial charge in [0.2, 0.25) is 5.91 Å². The van der Waals surface area contributed by atoms with Gasteiger partial charge in [-0.1, -0.05) is 23.4 Å². The molecule has 0 bridgehead atoms. The number of carboxylic acids is 1. The molecule has 0 saturated carbocycles. The Bertz CT molecular complexity index is 585. The normalized spacial score (nSPS) is 10.2. The molecule has 1 heterocycles. The quantitative estimate of drug-likeness (QED) is 0.340. The topological polar surface area (TPSA) is 121 Å². The molecule has 0 aliphatic heterocycles. The van der Waals surface area contributed by atoms with E-state index in [1.165, 1.54) is 18.0 Å². The molecule has 3 N–H and O–H groups in total. The molecule has 0 fully saturated rings. The molecule has 126 valence electrons. The zero-order valence-electron chi connectivity index (χ0n) is 12.5. The molecular weight excluding hydrogens is 344 g/mol. The van der Waals surface area contributed by atoms with Gasteiger partial charge in [0.05, 0.1) is 11.2 Å². The Morgan fingerprint density at radius 1 is 1.26 bits per heavy atom. The number of hydrogen-bond acceptors (Lipinski definition) is 6. The fraction of sp³-hybridized carbons (Fsp3) is 0.462. The predicted octanol–water partition coefficient (Wildman–Crippen LogP) is 0.953. The predicted molar refractivity (Wildman–Crippen MR) is 85.7 cm³/mol. The van der Waals surface area contributed by atoms with Gasteiger partial charge in [-0.25, -0.2) is 9.97 Å². The Morgan fingerprint density at radius 2 is 2.00 bits per heavy atom. The standard InChI is InChI=1S/C13H17ClN4O4S/c1-23-13-17-7-8(14)11(18-13)12(22)16-6-4-9(19)15-5-2-3-10(20)21/h7H,2-6H2,1H3,(H,15,19)(H,16,22)(H,20,21). The molecule has 1 aromatic heterocycles. The Kier molecular flexibility index (Phi) is 8.35. The molecule has 1 aromatic rings. The van der Waals surface area contributed by atoms with Crippen LogP contribution in [-0.4, -0.2) is 52.2 Å². The maximum absolute atomic E-state index is 12.0. The first-order valence-electron chi connectivity index (χ1n) is 6.77. The van der Waals surface area contributed by atoms with Gasteiger partial charge in [0.1, 0.15) is 0 Å². The third kappa shape index (κ3) is 7.29. The molecule has 23 heavy (non-hydrogen) atoms. The molecule has 0 aliphatic carbocycles. The minimum atomic E-state index is -0.905. The smallest absolute Gasteiger partial charge is 0.303 e. The van der Waals surface area contributed by atoms with E-state index in [4.69, 9.17) is 16.7 Å². The van der Waals surface area contributed by atoms with E-state index in [2.05, 4.69) is 20.6 Å². The average molecular weight is 361 g/mol. The first-order valence-corrected chi connectivity index (χ1v) is 8.37. The Balaban J connectivity index is 2.33. The number of hydrogen-bond donors (Lipinski definition) is 3. The minimum absolute atomic E-state index is 0.000993. The second-order valence-corrected chi connectivity index (χ2v) is 5.59. The zero-order chi connectivity index (χ0) is 17.2. The fourth-order valence-electron chi connectivity index (χ4n) is 1.54. The summed E-state index contributed by atoms with van der Waals surface area (Å²) in [5.41, 5.74) is 0.0629. The van der Waals surface area contributed by atoms with Crippen molar-refractivity contribution in [1.29, 1.82) is 0 Å². The number of carboxylic acid groups (broad SMARTS) is 1. The molecule has 0 atom stereocenters. The summed E-state index contributed by atoms with van der Waals surface area (Å²) < 4.78 is 0. The van der Waals surface area contributed by atoms with Gasteiger partial charge in [-0.15, -0.1) is 0 Å². The number of carbonyl (C=O) groups is 3. The minimum Gasteiger partial charge on any atom is -0.481 e. The van der Waals surface area contributed by atoms with Crippen LogP contribution in [0.4, 0.5) is 0 Å². The SMILES string of the molecule is CSc1ncc(Cl)c(C(=O)NCCC(=O)NCCCC(=O)O)n1. The number of thioether (sulfide) groups is 1. The number of aromatic nitrogens is 2. The molecular formula is C13H17ClN4O4S. The molecule has 1 rings (SSSR count). The number of nitrogens with one attached hydrogen (secondary N) is 2. The zero-order valence-corrected chi connectivity index (χ0v) is 14.0. The van der Waals surface area contributed by atoms with Crippen molar-refractivity contribution in [1.82, 2.24) is 20.6 Å². The van der Waals surface area contributed by atoms with Gasteiger partial charge >= 0.3 is 5.97 Å². The number of amides is 2. The summed E-state index contributed by atoms with van der Waals surface area (Å²) in [4.78, 5) is 41.7. The summed E-state index contributed by atoms with van der Waals surface area (Å²) in [5, 5.41) is 14.2. The van der Waals surface area contributed by atoms with E-state index in [1.807, 2.05) is 0 Å². The third-order valence-electron chi connectivity index (χ3n) is 2.65. The van der Waals surface area contributed by atoms with E-state index in [0.29, 0.717) is 11.6 Å². The van der Waals surface area contributed by atoms with Gasteiger partial charge in [0.15, 0.2) is 10.9 Å². The molecule has 0 aliphatic rings. The van der Waals surface area contributed by atoms with Crippen molar-refractivity contribution in [3.8, 4) is 0 Å². The number of carbonyl (C=O) groups excluding carboxylic acids is 2. The van der Waals surface area contributed by atoms with Crippen LogP contribution in [0.3, 0.4) is 0 Å². The van der Waals surface area contributed by atoms with Crippen LogP contribution in [0.2, 0.25) is 5.02 Å². The van der Waals surface area contributed by atoms with Crippen molar-refractivity contribution in [2.75, 3.05) is 19.3 Å². The summed E-state index contributed by atoms with van der Waals surface area (Å²) in [7, 11) is 0. The van der Waals surface area contributed by atoms with Crippen molar-refractivity contribution in [3.63, 3.8) is 0 Å². The molecule has 2 amide bonds. The molecule has 0 unspecified atom stereocenters. The van der Waals surface area contributed by atoms with E-state index in [9.17, 15) is 14.4 Å². The van der Waals surface area contributed by atoms with E-state index < -0.39 is 11.9 Å². The highest BCUT2D eigenvalue weighted by atomic mass is 35.5. The first-order chi connectivity index (χ1) is 10.9. The van der Waals surface area contributed by atoms with E-state index >= 15 is 0 Å². The van der Waals surface area contributed by atoms with Crippen LogP contribution in [0.5, 0.6) is 0 Å². The monoisotopic (exact) mass is 360 g/mol. The maximum atomic E-state index is 12.0. The number of rotatable bonds is 9. The maximum Gasteiger partial charge on any atom is 0.303 e. The van der Waals surface area contributed by atoms with Gasteiger partial charge in [-0.05, 0) is 12.7 Å². The Hall–Kier alpha value is -1.87. The second-order valence-electron chi connectivity index (χ2n) is 4.41. The van der Waals surface area contributed by atoms with Crippen molar-refractivity contribution in [2.45, 2.75) is 24.4 Å². The van der Waals surface area contributed by atoms with Crippen molar-refractivity contribution < 1.29 is 19.5 Å². The van der Waals surface area contributed by atoms with E-state index in [1.54, 1.807) is 6.26 Å². The lowest BCUT2D eigenvalue weighted by Crippen LogP contribution is -2.31. The number of halogens is 1. The summed E-state index contributed by atoms with van der Waals surface area (Å²) in [6, 6.07) is 0. The fourth-order valence-corrected chi connectivity index (χ4v) is 2.06. The summed E-state index contributed by atoms with van der Waals surface area (Å²) in [6.07, 6.45) is 3.57. The van der Waals surface area contributed by atoms with E-state index in [-0.39, 0.29) is 42.6 Å². The van der Waals surface area contributed by atoms with Crippen LogP contribution in [0.15, 0.2) is 11.4 Å². The third-order valence-corrected chi connectivity index (χ3v) is 3.49. The summed E-state index contributed by atoms with van der Waals surface area (Å²) in [5.74, 6) is -1.65. The number of aliphatic carboxylic acids is 1. The number of nitrogens with zero attached hydrogens (tertiary/aromatic N) is 2. The van der Waals surface area contributed by atoms with Crippen LogP contribution in [-0.2, 0) is 9.59 Å².